The zero-order chi connectivity index (χ0) is 27.1. The van der Waals surface area contributed by atoms with Crippen molar-refractivity contribution in [3.8, 4) is 11.5 Å². The molecular weight excluding hydrogens is 517 g/mol. The molecule has 0 aliphatic carbocycles. The molecule has 3 aromatic carbocycles. The number of aryl methyl sites for hydroxylation is 1. The molecule has 0 radical (unpaired) electrons. The Bertz CT molecular complexity index is 1260. The number of alkyl halides is 3. The quantitative estimate of drug-likeness (QED) is 0.150. The van der Waals surface area contributed by atoms with E-state index in [1.165, 1.54) is 28.5 Å². The minimum Gasteiger partial charge on any atom is -0.741 e. The Kier molecular flexibility index (Phi) is 9.97. The van der Waals surface area contributed by atoms with Crippen LogP contribution in [0.25, 0.3) is 0 Å². The second kappa shape index (κ2) is 12.3. The summed E-state index contributed by atoms with van der Waals surface area (Å²) < 4.78 is 64.1. The molecule has 0 fully saturated rings. The fourth-order valence-corrected chi connectivity index (χ4v) is 5.12. The van der Waals surface area contributed by atoms with E-state index in [0.717, 1.165) is 6.42 Å². The van der Waals surface area contributed by atoms with Gasteiger partial charge in [0.1, 0.15) is 17.8 Å². The summed E-state index contributed by atoms with van der Waals surface area (Å²) in [5.41, 5.74) is -1.83. The lowest BCUT2D eigenvalue weighted by Gasteiger charge is -2.18. The predicted molar refractivity (Wildman–Crippen MR) is 131 cm³/mol. The summed E-state index contributed by atoms with van der Waals surface area (Å²) in [5, 5.41) is 9.97. The lowest BCUT2D eigenvalue weighted by Crippen LogP contribution is -2.21. The number of hydrogen-bond acceptors (Lipinski definition) is 6. The number of rotatable bonds is 6. The molecule has 6 nitrogen and oxygen atoms in total. The second-order valence-corrected chi connectivity index (χ2v) is 11.3. The Labute approximate surface area is 210 Å². The number of benzene rings is 3. The Morgan fingerprint density at radius 1 is 1.03 bits per heavy atom. The minimum absolute atomic E-state index is 0.0806. The highest BCUT2D eigenvalue weighted by Gasteiger charge is 2.37. The van der Waals surface area contributed by atoms with Gasteiger partial charge in [-0.1, -0.05) is 36.4 Å². The number of carbonyl (C=O) groups is 1. The van der Waals surface area contributed by atoms with Crippen LogP contribution in [0.2, 0.25) is 0 Å². The van der Waals surface area contributed by atoms with Crippen LogP contribution in [-0.2, 0) is 32.2 Å². The van der Waals surface area contributed by atoms with Gasteiger partial charge in [-0.05, 0) is 54.4 Å². The van der Waals surface area contributed by atoms with Crippen LogP contribution in [-0.4, -0.2) is 35.8 Å². The molecule has 0 bridgehead atoms. The van der Waals surface area contributed by atoms with Crippen molar-refractivity contribution in [3.63, 3.8) is 0 Å². The number of halogens is 3. The number of esters is 1. The van der Waals surface area contributed by atoms with Crippen molar-refractivity contribution in [1.29, 1.82) is 0 Å². The van der Waals surface area contributed by atoms with Gasteiger partial charge in [-0.15, -0.1) is 0 Å². The summed E-state index contributed by atoms with van der Waals surface area (Å²) in [6, 6.07) is 23.8. The zero-order valence-electron chi connectivity index (χ0n) is 19.7. The van der Waals surface area contributed by atoms with Gasteiger partial charge in [-0.3, -0.25) is 4.79 Å². The topological polar surface area (TPSA) is 104 Å². The van der Waals surface area contributed by atoms with Crippen LogP contribution in [0.3, 0.4) is 0 Å². The van der Waals surface area contributed by atoms with Gasteiger partial charge in [-0.2, -0.15) is 13.2 Å². The van der Waals surface area contributed by atoms with Crippen LogP contribution in [0.4, 0.5) is 13.2 Å². The number of hydrogen-bond donors (Lipinski definition) is 1. The molecule has 2 unspecified atom stereocenters. The summed E-state index contributed by atoms with van der Waals surface area (Å²) >= 11 is 0. The first-order chi connectivity index (χ1) is 16.7. The predicted octanol–water partition coefficient (Wildman–Crippen LogP) is 5.27. The van der Waals surface area contributed by atoms with Crippen LogP contribution < -0.4 is 4.74 Å². The highest BCUT2D eigenvalue weighted by atomic mass is 32.2. The Morgan fingerprint density at radius 3 is 2.03 bits per heavy atom. The molecule has 2 atom stereocenters. The normalized spacial score (nSPS) is 13.2. The van der Waals surface area contributed by atoms with E-state index >= 15 is 0 Å². The molecule has 36 heavy (non-hydrogen) atoms. The molecule has 194 valence electrons. The number of phenolic OH excluding ortho intramolecular Hbond substituents is 1. The van der Waals surface area contributed by atoms with Gasteiger partial charge in [0.15, 0.2) is 20.3 Å². The number of aromatic hydroxyl groups is 1. The minimum atomic E-state index is -6.09. The van der Waals surface area contributed by atoms with E-state index in [2.05, 4.69) is 37.4 Å². The van der Waals surface area contributed by atoms with Crippen molar-refractivity contribution in [2.24, 2.45) is 0 Å². The molecule has 3 rings (SSSR count). The largest absolute Gasteiger partial charge is 0.741 e. The highest BCUT2D eigenvalue weighted by Crippen LogP contribution is 2.34. The summed E-state index contributed by atoms with van der Waals surface area (Å²) in [6.45, 7) is 3.55. The summed E-state index contributed by atoms with van der Waals surface area (Å²) in [6.07, 6.45) is 3.17. The third-order valence-corrected chi connectivity index (χ3v) is 7.97. The van der Waals surface area contributed by atoms with Crippen LogP contribution in [0.1, 0.15) is 28.9 Å². The van der Waals surface area contributed by atoms with E-state index in [1.54, 1.807) is 12.1 Å². The van der Waals surface area contributed by atoms with Crippen molar-refractivity contribution < 1.29 is 40.8 Å². The SMILES string of the molecule is CC(=O)Oc1ccc([S+](C)C(Cc2ccccc2C)c2ccc(O)cc2)cc1.O=S(=O)([O-])C(F)(F)F. The van der Waals surface area contributed by atoms with Crippen LogP contribution in [0, 0.1) is 6.92 Å². The molecule has 0 saturated heterocycles. The smallest absolute Gasteiger partial charge is 0.485 e. The first-order valence-electron chi connectivity index (χ1n) is 10.5. The van der Waals surface area contributed by atoms with Crippen molar-refractivity contribution in [3.05, 3.63) is 89.5 Å². The van der Waals surface area contributed by atoms with Crippen molar-refractivity contribution in [1.82, 2.24) is 0 Å². The van der Waals surface area contributed by atoms with Crippen LogP contribution in [0.15, 0.2) is 77.7 Å². The standard InChI is InChI=1S/C24H24O3S.CHF3O3S/c1-17-6-4-5-7-20(17)16-24(19-8-10-21(26)11-9-19)28(3)23-14-12-22(13-15-23)27-18(2)25;2-1(3,4)8(5,6)7/h4-15,24H,16H2,1-3H3;(H,5,6,7). The number of phenols is 1. The average molecular weight is 543 g/mol. The highest BCUT2D eigenvalue weighted by molar-refractivity contribution is 7.96. The second-order valence-electron chi connectivity index (χ2n) is 7.73. The van der Waals surface area contributed by atoms with E-state index in [1.807, 2.05) is 36.4 Å². The van der Waals surface area contributed by atoms with Gasteiger partial charge in [0.2, 0.25) is 0 Å². The third-order valence-electron chi connectivity index (χ3n) is 5.10. The van der Waals surface area contributed by atoms with Gasteiger partial charge in [-0.25, -0.2) is 8.42 Å². The Balaban J connectivity index is 0.000000493. The van der Waals surface area contributed by atoms with E-state index in [0.29, 0.717) is 5.75 Å². The molecule has 11 heteroatoms. The van der Waals surface area contributed by atoms with E-state index in [4.69, 9.17) is 17.7 Å². The molecule has 0 amide bonds. The maximum atomic E-state index is 11.1. The lowest BCUT2D eigenvalue weighted by atomic mass is 10.00. The van der Waals surface area contributed by atoms with Crippen molar-refractivity contribution in [2.45, 2.75) is 35.9 Å². The van der Waals surface area contributed by atoms with E-state index in [9.17, 15) is 23.1 Å². The molecule has 0 spiro atoms. The fourth-order valence-electron chi connectivity index (χ4n) is 3.23. The summed E-state index contributed by atoms with van der Waals surface area (Å²) in [7, 11) is -6.17. The molecule has 0 heterocycles. The third kappa shape index (κ3) is 8.58. The van der Waals surface area contributed by atoms with Crippen molar-refractivity contribution in [2.75, 3.05) is 6.26 Å². The number of ether oxygens (including phenoxy) is 1. The zero-order valence-corrected chi connectivity index (χ0v) is 21.3. The maximum absolute atomic E-state index is 11.1. The average Bonchev–Trinajstić information content (AvgIpc) is 2.78. The van der Waals surface area contributed by atoms with Gasteiger partial charge in [0.25, 0.3) is 0 Å². The van der Waals surface area contributed by atoms with Gasteiger partial charge in [0.05, 0.1) is 0 Å². The summed E-state index contributed by atoms with van der Waals surface area (Å²) in [4.78, 5) is 12.4. The van der Waals surface area contributed by atoms with E-state index in [-0.39, 0.29) is 27.9 Å². The first kappa shape index (κ1) is 29.2. The lowest BCUT2D eigenvalue weighted by molar-refractivity contribution is -0.131. The van der Waals surface area contributed by atoms with Gasteiger partial charge < -0.3 is 14.4 Å². The van der Waals surface area contributed by atoms with Gasteiger partial charge in [0, 0.05) is 29.8 Å². The van der Waals surface area contributed by atoms with Crippen LogP contribution >= 0.6 is 0 Å². The first-order valence-corrected chi connectivity index (χ1v) is 13.6. The fraction of sp³-hybridized carbons (Fsp3) is 0.240. The van der Waals surface area contributed by atoms with Crippen molar-refractivity contribution >= 4 is 27.0 Å². The molecule has 0 aliphatic rings. The molecule has 1 N–H and O–H groups in total. The van der Waals surface area contributed by atoms with Crippen LogP contribution in [0.5, 0.6) is 11.5 Å². The molecule has 0 aromatic heterocycles. The van der Waals surface area contributed by atoms with Gasteiger partial charge >= 0.3 is 11.5 Å². The molecule has 0 saturated carbocycles. The Hall–Kier alpha value is -3.02. The maximum Gasteiger partial charge on any atom is 0.485 e. The molecule has 0 aliphatic heterocycles. The molecular formula is C25H25F3O6S2. The number of carbonyl (C=O) groups excluding carboxylic acids is 1. The van der Waals surface area contributed by atoms with E-state index < -0.39 is 15.6 Å². The summed E-state index contributed by atoms with van der Waals surface area (Å²) in [5.74, 6) is 0.526. The molecule has 3 aromatic rings. The Morgan fingerprint density at radius 2 is 1.56 bits per heavy atom. The monoisotopic (exact) mass is 542 g/mol.